The molecule has 8 nitrogen and oxygen atoms in total. The minimum absolute atomic E-state index is 0.0284. The van der Waals surface area contributed by atoms with Crippen LogP contribution in [0, 0.1) is 17.2 Å². The van der Waals surface area contributed by atoms with Gasteiger partial charge in [-0.05, 0) is 45.7 Å². The van der Waals surface area contributed by atoms with Gasteiger partial charge in [-0.25, -0.2) is 9.78 Å². The predicted molar refractivity (Wildman–Crippen MR) is 101 cm³/mol. The maximum atomic E-state index is 12.4. The number of pyridine rings is 1. The molecule has 8 heteroatoms. The smallest absolute Gasteiger partial charge is 0.407 e. The van der Waals surface area contributed by atoms with Crippen LogP contribution in [0.5, 0.6) is 0 Å². The zero-order valence-electron chi connectivity index (χ0n) is 16.1. The molecular formula is C19H27N5O3. The van der Waals surface area contributed by atoms with Crippen LogP contribution in [-0.2, 0) is 9.53 Å². The molecule has 1 aromatic rings. The number of rotatable bonds is 5. The minimum atomic E-state index is -0.543. The molecule has 1 saturated heterocycles. The second-order valence-corrected chi connectivity index (χ2v) is 7.52. The molecule has 146 valence electrons. The number of carbonyl (C=O) groups is 2. The molecule has 2 amide bonds. The number of alkyl carbamates (subject to hydrolysis) is 1. The Morgan fingerprint density at radius 1 is 1.33 bits per heavy atom. The summed E-state index contributed by atoms with van der Waals surface area (Å²) in [5.41, 5.74) is -0.0270. The van der Waals surface area contributed by atoms with Crippen LogP contribution in [0.15, 0.2) is 18.3 Å². The van der Waals surface area contributed by atoms with Crippen molar-refractivity contribution in [2.24, 2.45) is 5.92 Å². The van der Waals surface area contributed by atoms with E-state index >= 15 is 0 Å². The number of ether oxygens (including phenoxy) is 1. The highest BCUT2D eigenvalue weighted by Crippen LogP contribution is 2.21. The molecule has 0 aliphatic carbocycles. The molecule has 0 spiro atoms. The van der Waals surface area contributed by atoms with E-state index in [0.29, 0.717) is 25.2 Å². The summed E-state index contributed by atoms with van der Waals surface area (Å²) >= 11 is 0. The number of anilines is 1. The van der Waals surface area contributed by atoms with Crippen molar-refractivity contribution < 1.29 is 14.3 Å². The minimum Gasteiger partial charge on any atom is -0.444 e. The van der Waals surface area contributed by atoms with Crippen LogP contribution < -0.4 is 15.5 Å². The zero-order chi connectivity index (χ0) is 19.9. The van der Waals surface area contributed by atoms with Crippen LogP contribution in [0.1, 0.15) is 39.2 Å². The number of amides is 2. The molecule has 1 aliphatic rings. The number of carbonyl (C=O) groups excluding carboxylic acids is 2. The van der Waals surface area contributed by atoms with Crippen molar-refractivity contribution >= 4 is 17.8 Å². The van der Waals surface area contributed by atoms with Gasteiger partial charge in [-0.2, -0.15) is 5.26 Å². The topological polar surface area (TPSA) is 107 Å². The third-order valence-corrected chi connectivity index (χ3v) is 4.09. The lowest BCUT2D eigenvalue weighted by Gasteiger charge is -2.32. The molecule has 0 bridgehead atoms. The van der Waals surface area contributed by atoms with Crippen molar-refractivity contribution in [2.45, 2.75) is 39.2 Å². The van der Waals surface area contributed by atoms with Crippen molar-refractivity contribution in [3.05, 3.63) is 23.9 Å². The summed E-state index contributed by atoms with van der Waals surface area (Å²) < 4.78 is 5.14. The van der Waals surface area contributed by atoms with E-state index in [4.69, 9.17) is 10.00 Å². The van der Waals surface area contributed by atoms with Crippen LogP contribution in [0.4, 0.5) is 10.6 Å². The Labute approximate surface area is 159 Å². The van der Waals surface area contributed by atoms with Crippen molar-refractivity contribution in [1.82, 2.24) is 15.6 Å². The molecule has 1 fully saturated rings. The third kappa shape index (κ3) is 6.77. The lowest BCUT2D eigenvalue weighted by molar-refractivity contribution is -0.125. The van der Waals surface area contributed by atoms with Crippen LogP contribution in [0.3, 0.4) is 0 Å². The van der Waals surface area contributed by atoms with Crippen LogP contribution >= 0.6 is 0 Å². The van der Waals surface area contributed by atoms with E-state index < -0.39 is 11.7 Å². The van der Waals surface area contributed by atoms with Gasteiger partial charge in [0, 0.05) is 32.4 Å². The molecule has 0 aromatic carbocycles. The van der Waals surface area contributed by atoms with Crippen LogP contribution in [0.2, 0.25) is 0 Å². The average Bonchev–Trinajstić information content (AvgIpc) is 2.64. The molecular weight excluding hydrogens is 346 g/mol. The largest absolute Gasteiger partial charge is 0.444 e. The second kappa shape index (κ2) is 9.21. The first-order valence-corrected chi connectivity index (χ1v) is 9.14. The van der Waals surface area contributed by atoms with Crippen molar-refractivity contribution in [1.29, 1.82) is 5.26 Å². The van der Waals surface area contributed by atoms with E-state index in [2.05, 4.69) is 20.5 Å². The molecule has 1 aromatic heterocycles. The van der Waals surface area contributed by atoms with Crippen molar-refractivity contribution in [3.8, 4) is 6.07 Å². The molecule has 1 aliphatic heterocycles. The summed E-state index contributed by atoms with van der Waals surface area (Å²) in [4.78, 5) is 30.3. The van der Waals surface area contributed by atoms with E-state index in [0.717, 1.165) is 25.2 Å². The molecule has 27 heavy (non-hydrogen) atoms. The zero-order valence-corrected chi connectivity index (χ0v) is 16.1. The fraction of sp³-hybridized carbons (Fsp3) is 0.579. The first-order chi connectivity index (χ1) is 12.8. The lowest BCUT2D eigenvalue weighted by Crippen LogP contribution is -2.45. The van der Waals surface area contributed by atoms with Gasteiger partial charge in [0.1, 0.15) is 17.5 Å². The number of hydrogen-bond donors (Lipinski definition) is 2. The maximum absolute atomic E-state index is 12.4. The summed E-state index contributed by atoms with van der Waals surface area (Å²) in [7, 11) is 0. The summed E-state index contributed by atoms with van der Waals surface area (Å²) in [6.07, 6.45) is 2.77. The highest BCUT2D eigenvalue weighted by molar-refractivity contribution is 5.79. The molecule has 2 N–H and O–H groups in total. The Kier molecular flexibility index (Phi) is 6.99. The van der Waals surface area contributed by atoms with Gasteiger partial charge in [0.25, 0.3) is 0 Å². The highest BCUT2D eigenvalue weighted by Gasteiger charge is 2.26. The lowest BCUT2D eigenvalue weighted by atomic mass is 9.97. The summed E-state index contributed by atoms with van der Waals surface area (Å²) in [5.74, 6) is 0.621. The van der Waals surface area contributed by atoms with Gasteiger partial charge < -0.3 is 20.3 Å². The van der Waals surface area contributed by atoms with Crippen LogP contribution in [-0.4, -0.2) is 48.8 Å². The molecule has 1 atom stereocenters. The average molecular weight is 373 g/mol. The van der Waals surface area contributed by atoms with E-state index in [1.54, 1.807) is 33.0 Å². The quantitative estimate of drug-likeness (QED) is 0.762. The van der Waals surface area contributed by atoms with Gasteiger partial charge in [0.05, 0.1) is 11.5 Å². The summed E-state index contributed by atoms with van der Waals surface area (Å²) in [5, 5.41) is 14.3. The predicted octanol–water partition coefficient (Wildman–Crippen LogP) is 1.81. The van der Waals surface area contributed by atoms with E-state index in [1.807, 2.05) is 12.1 Å². The summed E-state index contributed by atoms with van der Waals surface area (Å²) in [6.45, 7) is 7.48. The van der Waals surface area contributed by atoms with E-state index in [-0.39, 0.29) is 11.8 Å². The second-order valence-electron chi connectivity index (χ2n) is 7.52. The van der Waals surface area contributed by atoms with E-state index in [1.165, 1.54) is 0 Å². The first kappa shape index (κ1) is 20.5. The Morgan fingerprint density at radius 3 is 2.70 bits per heavy atom. The number of nitriles is 1. The Balaban J connectivity index is 1.76. The molecule has 0 saturated carbocycles. The van der Waals surface area contributed by atoms with Crippen LogP contribution in [0.25, 0.3) is 0 Å². The van der Waals surface area contributed by atoms with Crippen molar-refractivity contribution in [2.75, 3.05) is 31.1 Å². The van der Waals surface area contributed by atoms with Gasteiger partial charge in [0.15, 0.2) is 0 Å². The normalized spacial score (nSPS) is 17.0. The monoisotopic (exact) mass is 373 g/mol. The number of nitrogens with one attached hydrogen (secondary N) is 2. The van der Waals surface area contributed by atoms with Crippen molar-refractivity contribution in [3.63, 3.8) is 0 Å². The van der Waals surface area contributed by atoms with Gasteiger partial charge in [-0.3, -0.25) is 4.79 Å². The fourth-order valence-corrected chi connectivity index (χ4v) is 2.85. The maximum Gasteiger partial charge on any atom is 0.407 e. The Morgan fingerprint density at radius 2 is 2.07 bits per heavy atom. The highest BCUT2D eigenvalue weighted by atomic mass is 16.6. The molecule has 2 rings (SSSR count). The number of aromatic nitrogens is 1. The van der Waals surface area contributed by atoms with Gasteiger partial charge in [0.2, 0.25) is 5.91 Å². The standard InChI is InChI=1S/C19H27N5O3/c1-19(2,3)27-18(26)22-9-8-21-17(25)15-5-4-10-24(13-15)16-7-6-14(11-20)12-23-16/h6-7,12,15H,4-5,8-10,13H2,1-3H3,(H,21,25)(H,22,26). The third-order valence-electron chi connectivity index (χ3n) is 4.09. The molecule has 1 unspecified atom stereocenters. The van der Waals surface area contributed by atoms with Gasteiger partial charge in [-0.1, -0.05) is 0 Å². The van der Waals surface area contributed by atoms with Gasteiger partial charge >= 0.3 is 6.09 Å². The number of nitrogens with zero attached hydrogens (tertiary/aromatic N) is 3. The number of hydrogen-bond acceptors (Lipinski definition) is 6. The molecule has 2 heterocycles. The SMILES string of the molecule is CC(C)(C)OC(=O)NCCNC(=O)C1CCCN(c2ccc(C#N)cn2)C1. The first-order valence-electron chi connectivity index (χ1n) is 9.14. The molecule has 0 radical (unpaired) electrons. The number of piperidine rings is 1. The fourth-order valence-electron chi connectivity index (χ4n) is 2.85. The summed E-state index contributed by atoms with van der Waals surface area (Å²) in [6, 6.07) is 5.59. The Bertz CT molecular complexity index is 691. The Hall–Kier alpha value is -2.82. The van der Waals surface area contributed by atoms with Gasteiger partial charge in [-0.15, -0.1) is 0 Å². The van der Waals surface area contributed by atoms with E-state index in [9.17, 15) is 9.59 Å².